The van der Waals surface area contributed by atoms with Crippen LogP contribution in [0.2, 0.25) is 0 Å². The molecule has 0 bridgehead atoms. The van der Waals surface area contributed by atoms with Gasteiger partial charge in [0.25, 0.3) is 0 Å². The minimum absolute atomic E-state index is 0.138. The number of ether oxygens (including phenoxy) is 2. The Morgan fingerprint density at radius 1 is 1.09 bits per heavy atom. The van der Waals surface area contributed by atoms with Crippen LogP contribution in [0.5, 0.6) is 11.5 Å². The summed E-state index contributed by atoms with van der Waals surface area (Å²) >= 11 is 0. The van der Waals surface area contributed by atoms with E-state index in [2.05, 4.69) is 0 Å². The zero-order valence-electron chi connectivity index (χ0n) is 12.2. The monoisotopic (exact) mass is 351 g/mol. The summed E-state index contributed by atoms with van der Waals surface area (Å²) in [6, 6.07) is 1.92. The number of hydrogen-bond acceptors (Lipinski definition) is 4. The minimum atomic E-state index is -4.58. The van der Waals surface area contributed by atoms with Crippen molar-refractivity contribution >= 4 is 10.0 Å². The smallest absolute Gasteiger partial charge is 0.405 e. The first kappa shape index (κ1) is 16.4. The van der Waals surface area contributed by atoms with Crippen LogP contribution in [0.4, 0.5) is 13.2 Å². The van der Waals surface area contributed by atoms with E-state index in [4.69, 9.17) is 9.47 Å². The Kier molecular flexibility index (Phi) is 4.18. The second-order valence-corrected chi connectivity index (χ2v) is 7.36. The van der Waals surface area contributed by atoms with E-state index in [9.17, 15) is 21.6 Å². The van der Waals surface area contributed by atoms with Crippen molar-refractivity contribution in [2.75, 3.05) is 19.8 Å². The van der Waals surface area contributed by atoms with Crippen molar-refractivity contribution in [3.05, 3.63) is 18.2 Å². The van der Waals surface area contributed by atoms with E-state index >= 15 is 0 Å². The maximum Gasteiger partial charge on any atom is 0.405 e. The fraction of sp³-hybridized carbons (Fsp3) is 0.571. The number of nitrogens with zero attached hydrogens (tertiary/aromatic N) is 1. The molecule has 9 heteroatoms. The maximum atomic E-state index is 13.2. The van der Waals surface area contributed by atoms with Gasteiger partial charge >= 0.3 is 6.18 Å². The first-order valence-electron chi connectivity index (χ1n) is 7.28. The van der Waals surface area contributed by atoms with Crippen LogP contribution in [0.3, 0.4) is 0 Å². The summed E-state index contributed by atoms with van der Waals surface area (Å²) in [5.74, 6) is 0.624. The zero-order chi connectivity index (χ0) is 16.7. The van der Waals surface area contributed by atoms with Gasteiger partial charge in [-0.2, -0.15) is 17.5 Å². The summed E-state index contributed by atoms with van der Waals surface area (Å²) in [5.41, 5.74) is 0. The van der Waals surface area contributed by atoms with Gasteiger partial charge in [-0.15, -0.1) is 0 Å². The molecule has 0 saturated carbocycles. The molecule has 0 N–H and O–H groups in total. The maximum absolute atomic E-state index is 13.2. The molecular weight excluding hydrogens is 335 g/mol. The molecule has 1 atom stereocenters. The van der Waals surface area contributed by atoms with Gasteiger partial charge in [0.15, 0.2) is 11.5 Å². The summed E-state index contributed by atoms with van der Waals surface area (Å²) < 4.78 is 76.0. The molecule has 2 aliphatic rings. The van der Waals surface area contributed by atoms with Crippen molar-refractivity contribution in [2.24, 2.45) is 0 Å². The van der Waals surface area contributed by atoms with Crippen molar-refractivity contribution in [3.63, 3.8) is 0 Å². The van der Waals surface area contributed by atoms with E-state index < -0.39 is 22.2 Å². The van der Waals surface area contributed by atoms with Crippen LogP contribution in [-0.4, -0.2) is 44.7 Å². The molecule has 0 spiro atoms. The Morgan fingerprint density at radius 2 is 1.78 bits per heavy atom. The molecule has 1 aromatic carbocycles. The molecule has 2 heterocycles. The average molecular weight is 351 g/mol. The molecule has 1 aromatic rings. The van der Waals surface area contributed by atoms with Crippen molar-refractivity contribution in [1.29, 1.82) is 0 Å². The van der Waals surface area contributed by atoms with Crippen LogP contribution in [-0.2, 0) is 10.0 Å². The van der Waals surface area contributed by atoms with Gasteiger partial charge in [-0.1, -0.05) is 6.42 Å². The second-order valence-electron chi connectivity index (χ2n) is 5.47. The Balaban J connectivity index is 1.96. The minimum Gasteiger partial charge on any atom is -0.486 e. The molecule has 2 aliphatic heterocycles. The number of rotatable bonds is 2. The predicted molar refractivity (Wildman–Crippen MR) is 75.0 cm³/mol. The van der Waals surface area contributed by atoms with Gasteiger partial charge in [-0.25, -0.2) is 8.42 Å². The lowest BCUT2D eigenvalue weighted by Gasteiger charge is -2.35. The van der Waals surface area contributed by atoms with Gasteiger partial charge in [0.05, 0.1) is 4.90 Å². The predicted octanol–water partition coefficient (Wildman–Crippen LogP) is 2.56. The van der Waals surface area contributed by atoms with Crippen LogP contribution >= 0.6 is 0 Å². The Bertz CT molecular complexity index is 690. The molecule has 3 rings (SSSR count). The number of hydrogen-bond donors (Lipinski definition) is 0. The van der Waals surface area contributed by atoms with Crippen LogP contribution in [0.1, 0.15) is 19.3 Å². The van der Waals surface area contributed by atoms with Gasteiger partial charge in [-0.05, 0) is 25.0 Å². The Hall–Kier alpha value is -1.48. The van der Waals surface area contributed by atoms with Gasteiger partial charge in [0.1, 0.15) is 19.3 Å². The lowest BCUT2D eigenvalue weighted by Crippen LogP contribution is -2.51. The first-order chi connectivity index (χ1) is 10.8. The molecule has 1 saturated heterocycles. The molecule has 5 nitrogen and oxygen atoms in total. The third-order valence-corrected chi connectivity index (χ3v) is 5.86. The normalized spacial score (nSPS) is 22.8. The molecule has 23 heavy (non-hydrogen) atoms. The van der Waals surface area contributed by atoms with Crippen molar-refractivity contribution in [3.8, 4) is 11.5 Å². The van der Waals surface area contributed by atoms with Crippen molar-refractivity contribution < 1.29 is 31.1 Å². The third kappa shape index (κ3) is 3.12. The number of alkyl halides is 3. The summed E-state index contributed by atoms with van der Waals surface area (Å²) in [7, 11) is -4.25. The standard InChI is InChI=1S/C14H16F3NO4S/c15-14(16,17)13-3-1-2-6-18(13)23(19,20)10-4-5-11-12(9-10)22-8-7-21-11/h4-5,9,13H,1-3,6-8H2. The van der Waals surface area contributed by atoms with Crippen LogP contribution in [0.25, 0.3) is 0 Å². The molecule has 1 unspecified atom stereocenters. The highest BCUT2D eigenvalue weighted by Gasteiger charge is 2.49. The lowest BCUT2D eigenvalue weighted by molar-refractivity contribution is -0.177. The summed E-state index contributed by atoms with van der Waals surface area (Å²) in [5, 5.41) is 0. The molecule has 0 amide bonds. The van der Waals surface area contributed by atoms with Gasteiger partial charge in [0.2, 0.25) is 10.0 Å². The van der Waals surface area contributed by atoms with E-state index in [1.165, 1.54) is 18.2 Å². The highest BCUT2D eigenvalue weighted by Crippen LogP contribution is 2.38. The first-order valence-corrected chi connectivity index (χ1v) is 8.72. The number of piperidine rings is 1. The van der Waals surface area contributed by atoms with Crippen LogP contribution < -0.4 is 9.47 Å². The van der Waals surface area contributed by atoms with Gasteiger partial charge < -0.3 is 9.47 Å². The number of halogens is 3. The number of benzene rings is 1. The average Bonchev–Trinajstić information content (AvgIpc) is 2.53. The molecular formula is C14H16F3NO4S. The SMILES string of the molecule is O=S(=O)(c1ccc2c(c1)OCCO2)N1CCCCC1C(F)(F)F. The molecule has 0 aromatic heterocycles. The van der Waals surface area contributed by atoms with Crippen LogP contribution in [0.15, 0.2) is 23.1 Å². The molecule has 0 radical (unpaired) electrons. The summed E-state index contributed by atoms with van der Waals surface area (Å²) in [4.78, 5) is -0.210. The van der Waals surface area contributed by atoms with E-state index in [0.29, 0.717) is 29.5 Å². The quantitative estimate of drug-likeness (QED) is 0.822. The Morgan fingerprint density at radius 3 is 2.48 bits per heavy atom. The third-order valence-electron chi connectivity index (χ3n) is 3.95. The molecule has 1 fully saturated rings. The topological polar surface area (TPSA) is 55.8 Å². The molecule has 0 aliphatic carbocycles. The van der Waals surface area contributed by atoms with E-state index in [1.54, 1.807) is 0 Å². The largest absolute Gasteiger partial charge is 0.486 e. The second kappa shape index (κ2) is 5.86. The van der Waals surface area contributed by atoms with E-state index in [0.717, 1.165) is 0 Å². The molecule has 128 valence electrons. The fourth-order valence-corrected chi connectivity index (χ4v) is 4.54. The van der Waals surface area contributed by atoms with E-state index in [1.807, 2.05) is 0 Å². The summed E-state index contributed by atoms with van der Waals surface area (Å²) in [6.07, 6.45) is -4.03. The summed E-state index contributed by atoms with van der Waals surface area (Å²) in [6.45, 7) is 0.480. The van der Waals surface area contributed by atoms with Crippen molar-refractivity contribution in [1.82, 2.24) is 4.31 Å². The lowest BCUT2D eigenvalue weighted by atomic mass is 10.0. The van der Waals surface area contributed by atoms with Crippen molar-refractivity contribution in [2.45, 2.75) is 36.4 Å². The Labute approximate surface area is 132 Å². The fourth-order valence-electron chi connectivity index (χ4n) is 2.84. The highest BCUT2D eigenvalue weighted by molar-refractivity contribution is 7.89. The van der Waals surface area contributed by atoms with Crippen LogP contribution in [0, 0.1) is 0 Å². The van der Waals surface area contributed by atoms with Gasteiger partial charge in [0, 0.05) is 12.6 Å². The van der Waals surface area contributed by atoms with E-state index in [-0.39, 0.29) is 30.2 Å². The zero-order valence-corrected chi connectivity index (χ0v) is 13.0. The number of sulfonamides is 1. The van der Waals surface area contributed by atoms with Gasteiger partial charge in [-0.3, -0.25) is 0 Å². The highest BCUT2D eigenvalue weighted by atomic mass is 32.2. The number of fused-ring (bicyclic) bond motifs is 1.